The lowest BCUT2D eigenvalue weighted by Gasteiger charge is -2.27. The number of nitrogens with one attached hydrogen (secondary N) is 1. The first kappa shape index (κ1) is 49.1. The number of para-hydroxylation sites is 2. The number of unbranched alkanes of at least 4 members (excludes halogenated alkanes) is 2. The molecule has 0 amide bonds. The maximum absolute atomic E-state index is 11.3. The molecule has 0 fully saturated rings. The fraction of sp³-hybridized carbons (Fsp3) is 0.479. The normalized spacial score (nSPS) is 18.5. The average Bonchev–Trinajstić information content (AvgIpc) is 3.58. The molecule has 0 saturated carbocycles. The highest BCUT2D eigenvalue weighted by Gasteiger charge is 2.44. The minimum Gasteiger partial charge on any atom is -0.748 e. The molecule has 0 bridgehead atoms. The maximum Gasteiger partial charge on any atom is 0.209 e. The molecule has 0 spiro atoms. The van der Waals surface area contributed by atoms with Crippen molar-refractivity contribution < 1.29 is 35.4 Å². The van der Waals surface area contributed by atoms with Crippen LogP contribution in [-0.4, -0.2) is 90.4 Å². The van der Waals surface area contributed by atoms with Crippen LogP contribution in [0.25, 0.3) is 0 Å². The molecule has 14 heteroatoms. The predicted octanol–water partition coefficient (Wildman–Crippen LogP) is 7.83. The van der Waals surface area contributed by atoms with Crippen LogP contribution in [0.1, 0.15) is 105 Å². The van der Waals surface area contributed by atoms with E-state index in [1.165, 1.54) is 41.9 Å². The Bertz CT molecular complexity index is 2400. The molecule has 0 unspecified atom stereocenters. The molecule has 3 aliphatic rings. The molecule has 2 aromatic carbocycles. The van der Waals surface area contributed by atoms with Crippen molar-refractivity contribution in [2.75, 3.05) is 49.1 Å². The second-order valence-corrected chi connectivity index (χ2v) is 21.2. The predicted molar refractivity (Wildman–Crippen MR) is 250 cm³/mol. The van der Waals surface area contributed by atoms with Crippen LogP contribution in [0.3, 0.4) is 0 Å². The summed E-state index contributed by atoms with van der Waals surface area (Å²) in [6.07, 6.45) is 16.8. The molecule has 0 saturated heterocycles. The number of hydrogen-bond donors (Lipinski definition) is 1. The van der Waals surface area contributed by atoms with Crippen molar-refractivity contribution in [3.8, 4) is 0 Å². The maximum atomic E-state index is 11.3. The van der Waals surface area contributed by atoms with Crippen LogP contribution in [0.5, 0.6) is 0 Å². The molecule has 0 atom stereocenters. The second-order valence-electron chi connectivity index (χ2n) is 17.1. The lowest BCUT2D eigenvalue weighted by atomic mass is 9.81. The van der Waals surface area contributed by atoms with E-state index in [0.717, 1.165) is 47.0 Å². The van der Waals surface area contributed by atoms with E-state index in [0.29, 0.717) is 43.9 Å². The van der Waals surface area contributed by atoms with Gasteiger partial charge in [0, 0.05) is 76.3 Å². The Morgan fingerprint density at radius 2 is 1.37 bits per heavy atom. The van der Waals surface area contributed by atoms with Crippen molar-refractivity contribution in [1.29, 1.82) is 0 Å². The summed E-state index contributed by atoms with van der Waals surface area (Å²) in [5.41, 5.74) is 8.52. The van der Waals surface area contributed by atoms with Gasteiger partial charge in [-0.15, -0.1) is 0 Å². The molecule has 11 nitrogen and oxygen atoms in total. The van der Waals surface area contributed by atoms with Gasteiger partial charge in [-0.1, -0.05) is 62.4 Å². The number of quaternary nitrogens is 1. The zero-order valence-electron chi connectivity index (χ0n) is 37.5. The van der Waals surface area contributed by atoms with E-state index < -0.39 is 20.2 Å². The number of fused-ring (bicyclic) bond motifs is 2. The Kier molecular flexibility index (Phi) is 17.1. The summed E-state index contributed by atoms with van der Waals surface area (Å²) >= 11 is 1.56. The summed E-state index contributed by atoms with van der Waals surface area (Å²) in [4.78, 5) is 14.2. The molecule has 3 heterocycles. The van der Waals surface area contributed by atoms with Crippen molar-refractivity contribution in [3.05, 3.63) is 124 Å². The van der Waals surface area contributed by atoms with Gasteiger partial charge in [0.1, 0.15) is 6.54 Å². The molecular weight excluding hydrogens is 839 g/mol. The van der Waals surface area contributed by atoms with Crippen LogP contribution in [-0.2, 0) is 31.1 Å². The van der Waals surface area contributed by atoms with Crippen LogP contribution in [0.2, 0.25) is 0 Å². The zero-order valence-corrected chi connectivity index (χ0v) is 40.0. The van der Waals surface area contributed by atoms with Gasteiger partial charge in [0.25, 0.3) is 0 Å². The van der Waals surface area contributed by atoms with Gasteiger partial charge in [0.05, 0.1) is 45.3 Å². The summed E-state index contributed by atoms with van der Waals surface area (Å²) in [5, 5.41) is 0.656. The number of aromatic nitrogens is 2. The van der Waals surface area contributed by atoms with Crippen LogP contribution < -0.4 is 9.80 Å². The minimum atomic E-state index is -4.27. The fourth-order valence-electron chi connectivity index (χ4n) is 8.75. The first-order chi connectivity index (χ1) is 29.4. The van der Waals surface area contributed by atoms with Crippen molar-refractivity contribution in [3.63, 3.8) is 0 Å². The molecule has 1 aromatic heterocycles. The first-order valence-electron chi connectivity index (χ1n) is 22.0. The highest BCUT2D eigenvalue weighted by Crippen LogP contribution is 2.48. The molecule has 1 aliphatic carbocycles. The van der Waals surface area contributed by atoms with Crippen molar-refractivity contribution in [1.82, 2.24) is 9.97 Å². The Morgan fingerprint density at radius 1 is 0.758 bits per heavy atom. The van der Waals surface area contributed by atoms with Gasteiger partial charge in [-0.2, -0.15) is 4.58 Å². The quantitative estimate of drug-likeness (QED) is 0.0579. The van der Waals surface area contributed by atoms with Gasteiger partial charge >= 0.3 is 0 Å². The number of allylic oxidation sites excluding steroid dienone is 7. The lowest BCUT2D eigenvalue weighted by molar-refractivity contribution is -0.894. The molecule has 2 aliphatic heterocycles. The number of benzene rings is 2. The standard InChI is InChI=1S/C42H50N4O6S3.C6H15N/c1-41(2)33-17-5-7-19-35(33)45(27-9-11-29-54(47,48)49)37(41)23-21-31-15-13-16-32(39(31)53-40-43-25-14-26-44-40)22-24-38-42(3,4)34-18-6-8-20-36(34)46(38)28-10-12-30-55(50,51)52;1-4-7(5-2)6-3/h5-8,14,17-26H,9-13,15-16,27-30H2,1-4H3,(H-,47,48,49,50,51,52);4-6H2,1-3H3. The monoisotopic (exact) mass is 903 g/mol. The fourth-order valence-corrected chi connectivity index (χ4v) is 10.9. The third kappa shape index (κ3) is 12.6. The van der Waals surface area contributed by atoms with Gasteiger partial charge in [0.2, 0.25) is 5.69 Å². The van der Waals surface area contributed by atoms with E-state index in [-0.39, 0.29) is 22.3 Å². The molecular formula is C48H65N5O6S3. The van der Waals surface area contributed by atoms with Crippen molar-refractivity contribution in [2.45, 2.75) is 109 Å². The second kappa shape index (κ2) is 21.6. The van der Waals surface area contributed by atoms with E-state index in [9.17, 15) is 25.9 Å². The number of thioether (sulfide) groups is 1. The smallest absolute Gasteiger partial charge is 0.209 e. The SMILES string of the molecule is CC1(C)C(/C=C/C2=C(Sc3ncccn3)C(=C/C=C3\N(CCCCS(=O)(=O)[O-])c4ccccc4C3(C)C)/CCC2)=[N+](CCCCS(=O)(=O)[O-])c2ccccc21.CC[NH+](CC)CC. The third-order valence-corrected chi connectivity index (χ3v) is 14.9. The number of rotatable bonds is 18. The molecule has 6 rings (SSSR count). The highest BCUT2D eigenvalue weighted by molar-refractivity contribution is 8.03. The van der Waals surface area contributed by atoms with Gasteiger partial charge in [-0.05, 0) is 120 Å². The van der Waals surface area contributed by atoms with Crippen LogP contribution >= 0.6 is 11.8 Å². The molecule has 62 heavy (non-hydrogen) atoms. The molecule has 1 N–H and O–H groups in total. The lowest BCUT2D eigenvalue weighted by Crippen LogP contribution is -3.11. The minimum absolute atomic E-state index is 0.302. The van der Waals surface area contributed by atoms with Crippen LogP contribution in [0, 0.1) is 0 Å². The summed E-state index contributed by atoms with van der Waals surface area (Å²) in [6.45, 7) is 20.5. The Labute approximate surface area is 375 Å². The van der Waals surface area contributed by atoms with E-state index in [1.54, 1.807) is 35.1 Å². The van der Waals surface area contributed by atoms with Gasteiger partial charge in [-0.3, -0.25) is 0 Å². The summed E-state index contributed by atoms with van der Waals surface area (Å²) in [5.74, 6) is -0.742. The molecule has 3 aromatic rings. The first-order valence-corrected chi connectivity index (χ1v) is 26.0. The summed E-state index contributed by atoms with van der Waals surface area (Å²) < 4.78 is 70.2. The molecule has 336 valence electrons. The number of anilines is 1. The summed E-state index contributed by atoms with van der Waals surface area (Å²) in [6, 6.07) is 18.4. The van der Waals surface area contributed by atoms with Crippen LogP contribution in [0.4, 0.5) is 11.4 Å². The summed E-state index contributed by atoms with van der Waals surface area (Å²) in [7, 11) is -8.55. The van der Waals surface area contributed by atoms with Crippen LogP contribution in [0.15, 0.2) is 118 Å². The van der Waals surface area contributed by atoms with Crippen molar-refractivity contribution >= 4 is 49.1 Å². The number of hydrogen-bond acceptors (Lipinski definition) is 10. The largest absolute Gasteiger partial charge is 0.748 e. The zero-order chi connectivity index (χ0) is 45.1. The van der Waals surface area contributed by atoms with E-state index in [1.807, 2.05) is 24.3 Å². The van der Waals surface area contributed by atoms with Crippen molar-refractivity contribution in [2.24, 2.45) is 0 Å². The van der Waals surface area contributed by atoms with E-state index in [4.69, 9.17) is 0 Å². The Morgan fingerprint density at radius 3 is 2.00 bits per heavy atom. The van der Waals surface area contributed by atoms with E-state index in [2.05, 4.69) is 116 Å². The third-order valence-electron chi connectivity index (χ3n) is 12.2. The Balaban J connectivity index is 0.000000955. The Hall–Kier alpha value is -3.92. The van der Waals surface area contributed by atoms with E-state index >= 15 is 0 Å². The number of nitrogens with zero attached hydrogens (tertiary/aromatic N) is 4. The average molecular weight is 904 g/mol. The topological polar surface area (TPSA) is 151 Å². The van der Waals surface area contributed by atoms with Gasteiger partial charge in [0.15, 0.2) is 10.9 Å². The van der Waals surface area contributed by atoms with Gasteiger partial charge in [-0.25, -0.2) is 26.8 Å². The highest BCUT2D eigenvalue weighted by atomic mass is 32.2. The molecule has 0 radical (unpaired) electrons. The van der Waals surface area contributed by atoms with Gasteiger partial charge < -0.3 is 18.9 Å².